The van der Waals surface area contributed by atoms with E-state index < -0.39 is 10.0 Å². The number of anilines is 1. The van der Waals surface area contributed by atoms with Crippen molar-refractivity contribution < 1.29 is 17.9 Å². The van der Waals surface area contributed by atoms with Gasteiger partial charge in [-0.3, -0.25) is 0 Å². The smallest absolute Gasteiger partial charge is 0.268 e. The van der Waals surface area contributed by atoms with Gasteiger partial charge in [0.25, 0.3) is 10.0 Å². The summed E-state index contributed by atoms with van der Waals surface area (Å²) in [5.74, 6) is 0.865. The molecule has 0 unspecified atom stereocenters. The lowest BCUT2D eigenvalue weighted by molar-refractivity contribution is 0.313. The number of rotatable bonds is 5. The lowest BCUT2D eigenvalue weighted by Gasteiger charge is -2.34. The number of hydrogen-bond acceptors (Lipinski definition) is 6. The summed E-state index contributed by atoms with van der Waals surface area (Å²) in [7, 11) is 1.34. The largest absolute Gasteiger partial charge is 0.493 e. The molecule has 7 nitrogen and oxygen atoms in total. The highest BCUT2D eigenvalue weighted by atomic mass is 35.5. The first kappa shape index (κ1) is 22.3. The maximum atomic E-state index is 13.4. The molecule has 30 heavy (non-hydrogen) atoms. The third-order valence-corrected chi connectivity index (χ3v) is 7.12. The first-order valence-electron chi connectivity index (χ1n) is 9.47. The fourth-order valence-corrected chi connectivity index (χ4v) is 5.11. The van der Waals surface area contributed by atoms with E-state index in [4.69, 9.17) is 9.47 Å². The highest BCUT2D eigenvalue weighted by Crippen LogP contribution is 2.33. The second-order valence-corrected chi connectivity index (χ2v) is 8.95. The van der Waals surface area contributed by atoms with Gasteiger partial charge in [-0.1, -0.05) is 6.07 Å². The summed E-state index contributed by atoms with van der Waals surface area (Å²) in [5, 5.41) is 0.932. The molecule has 4 rings (SSSR count). The van der Waals surface area contributed by atoms with Crippen molar-refractivity contribution in [1.82, 2.24) is 8.87 Å². The number of hydrogen-bond donors (Lipinski definition) is 0. The van der Waals surface area contributed by atoms with E-state index in [2.05, 4.69) is 22.9 Å². The Morgan fingerprint density at radius 1 is 0.900 bits per heavy atom. The minimum atomic E-state index is -3.78. The summed E-state index contributed by atoms with van der Waals surface area (Å²) in [6.07, 6.45) is 1.62. The van der Waals surface area contributed by atoms with Gasteiger partial charge in [0.2, 0.25) is 0 Å². The van der Waals surface area contributed by atoms with Gasteiger partial charge in [-0.2, -0.15) is 0 Å². The molecule has 2 aromatic carbocycles. The first-order valence-corrected chi connectivity index (χ1v) is 10.9. The van der Waals surface area contributed by atoms with Gasteiger partial charge in [0.1, 0.15) is 0 Å². The SMILES string of the molecule is COc1ccc(S(=O)(=O)n2ccc3c(N4CCN(C)CC4)cccc32)cc1OC.Cl. The van der Waals surface area contributed by atoms with Gasteiger partial charge in [0.15, 0.2) is 11.5 Å². The molecule has 0 atom stereocenters. The Balaban J connectivity index is 0.00000256. The lowest BCUT2D eigenvalue weighted by atomic mass is 10.2. The number of fused-ring (bicyclic) bond motifs is 1. The van der Waals surface area contributed by atoms with Crippen LogP contribution in [0.15, 0.2) is 53.6 Å². The minimum Gasteiger partial charge on any atom is -0.493 e. The monoisotopic (exact) mass is 451 g/mol. The van der Waals surface area contributed by atoms with Crippen LogP contribution in [0.1, 0.15) is 0 Å². The van der Waals surface area contributed by atoms with Gasteiger partial charge in [-0.05, 0) is 37.4 Å². The summed E-state index contributed by atoms with van der Waals surface area (Å²) in [5.41, 5.74) is 1.73. The zero-order valence-electron chi connectivity index (χ0n) is 17.2. The molecule has 0 spiro atoms. The molecule has 1 aliphatic heterocycles. The number of methoxy groups -OCH3 is 2. The van der Waals surface area contributed by atoms with E-state index in [1.165, 1.54) is 30.3 Å². The average molecular weight is 452 g/mol. The molecule has 9 heteroatoms. The summed E-state index contributed by atoms with van der Waals surface area (Å²) in [4.78, 5) is 4.76. The van der Waals surface area contributed by atoms with Crippen molar-refractivity contribution in [3.8, 4) is 11.5 Å². The van der Waals surface area contributed by atoms with Crippen molar-refractivity contribution >= 4 is 39.0 Å². The number of piperazine rings is 1. The molecule has 1 aromatic heterocycles. The van der Waals surface area contributed by atoms with Crippen LogP contribution in [0.3, 0.4) is 0 Å². The van der Waals surface area contributed by atoms with Crippen LogP contribution < -0.4 is 14.4 Å². The summed E-state index contributed by atoms with van der Waals surface area (Å²) in [6, 6.07) is 12.3. The molecule has 0 radical (unpaired) electrons. The lowest BCUT2D eigenvalue weighted by Crippen LogP contribution is -2.44. The summed E-state index contributed by atoms with van der Waals surface area (Å²) in [6.45, 7) is 3.81. The van der Waals surface area contributed by atoms with Crippen molar-refractivity contribution in [2.24, 2.45) is 0 Å². The molecular formula is C21H26ClN3O4S. The van der Waals surface area contributed by atoms with Crippen LogP contribution in [0.4, 0.5) is 5.69 Å². The molecule has 2 heterocycles. The van der Waals surface area contributed by atoms with Crippen molar-refractivity contribution in [3.05, 3.63) is 48.7 Å². The molecule has 0 saturated carbocycles. The second-order valence-electron chi connectivity index (χ2n) is 7.13. The maximum Gasteiger partial charge on any atom is 0.268 e. The molecular weight excluding hydrogens is 426 g/mol. The van der Waals surface area contributed by atoms with Crippen molar-refractivity contribution in [2.45, 2.75) is 4.90 Å². The quantitative estimate of drug-likeness (QED) is 0.594. The molecule has 0 N–H and O–H groups in total. The molecule has 1 aliphatic rings. The van der Waals surface area contributed by atoms with Gasteiger partial charge in [-0.15, -0.1) is 12.4 Å². The molecule has 0 amide bonds. The molecule has 0 bridgehead atoms. The molecule has 1 saturated heterocycles. The first-order chi connectivity index (χ1) is 14.0. The molecule has 0 aliphatic carbocycles. The minimum absolute atomic E-state index is 0. The van der Waals surface area contributed by atoms with Crippen LogP contribution in [0, 0.1) is 0 Å². The Morgan fingerprint density at radius 3 is 2.27 bits per heavy atom. The zero-order chi connectivity index (χ0) is 20.6. The second kappa shape index (κ2) is 8.75. The zero-order valence-corrected chi connectivity index (χ0v) is 18.9. The van der Waals surface area contributed by atoms with Crippen molar-refractivity contribution in [3.63, 3.8) is 0 Å². The van der Waals surface area contributed by atoms with Crippen LogP contribution in [-0.4, -0.2) is 64.7 Å². The maximum absolute atomic E-state index is 13.4. The predicted molar refractivity (Wildman–Crippen MR) is 121 cm³/mol. The highest BCUT2D eigenvalue weighted by Gasteiger charge is 2.23. The molecule has 3 aromatic rings. The predicted octanol–water partition coefficient (Wildman–Crippen LogP) is 3.07. The third kappa shape index (κ3) is 3.82. The topological polar surface area (TPSA) is 64.0 Å². The number of benzene rings is 2. The van der Waals surface area contributed by atoms with E-state index in [9.17, 15) is 8.42 Å². The van der Waals surface area contributed by atoms with Crippen LogP contribution in [-0.2, 0) is 10.0 Å². The number of halogens is 1. The number of aromatic nitrogens is 1. The number of ether oxygens (including phenoxy) is 2. The van der Waals surface area contributed by atoms with Gasteiger partial charge in [-0.25, -0.2) is 12.4 Å². The standard InChI is InChI=1S/C21H25N3O4S.ClH/c1-22-11-13-23(14-12-22)18-5-4-6-19-17(18)9-10-24(19)29(25,26)16-7-8-20(27-2)21(15-16)28-3;/h4-10,15H,11-14H2,1-3H3;1H. The Hall–Kier alpha value is -2.42. The van der Waals surface area contributed by atoms with E-state index in [-0.39, 0.29) is 17.3 Å². The molecule has 162 valence electrons. The molecule has 1 fully saturated rings. The van der Waals surface area contributed by atoms with E-state index in [1.54, 1.807) is 12.3 Å². The van der Waals surface area contributed by atoms with E-state index in [0.29, 0.717) is 17.0 Å². The Bertz CT molecular complexity index is 1140. The summed E-state index contributed by atoms with van der Waals surface area (Å²) < 4.78 is 38.5. The van der Waals surface area contributed by atoms with Gasteiger partial charge < -0.3 is 19.3 Å². The number of nitrogens with zero attached hydrogens (tertiary/aromatic N) is 3. The Kier molecular flexibility index (Phi) is 6.50. The third-order valence-electron chi connectivity index (χ3n) is 5.43. The van der Waals surface area contributed by atoms with Crippen LogP contribution in [0.5, 0.6) is 11.5 Å². The van der Waals surface area contributed by atoms with Gasteiger partial charge in [0, 0.05) is 49.5 Å². The number of likely N-dealkylation sites (N-methyl/N-ethyl adjacent to an activating group) is 1. The van der Waals surface area contributed by atoms with Gasteiger partial charge in [0.05, 0.1) is 24.6 Å². The average Bonchev–Trinajstić information content (AvgIpc) is 3.19. The van der Waals surface area contributed by atoms with E-state index in [0.717, 1.165) is 37.3 Å². The highest BCUT2D eigenvalue weighted by molar-refractivity contribution is 7.90. The van der Waals surface area contributed by atoms with Crippen LogP contribution >= 0.6 is 12.4 Å². The van der Waals surface area contributed by atoms with Crippen LogP contribution in [0.25, 0.3) is 10.9 Å². The fourth-order valence-electron chi connectivity index (χ4n) is 3.75. The Morgan fingerprint density at radius 2 is 1.60 bits per heavy atom. The van der Waals surface area contributed by atoms with Crippen LogP contribution in [0.2, 0.25) is 0 Å². The van der Waals surface area contributed by atoms with Gasteiger partial charge >= 0.3 is 0 Å². The normalized spacial score (nSPS) is 15.1. The summed E-state index contributed by atoms with van der Waals surface area (Å²) >= 11 is 0. The van der Waals surface area contributed by atoms with Crippen molar-refractivity contribution in [1.29, 1.82) is 0 Å². The fraction of sp³-hybridized carbons (Fsp3) is 0.333. The Labute approximate surface area is 183 Å². The van der Waals surface area contributed by atoms with E-state index >= 15 is 0 Å². The van der Waals surface area contributed by atoms with E-state index in [1.807, 2.05) is 18.2 Å². The van der Waals surface area contributed by atoms with Crippen molar-refractivity contribution in [2.75, 3.05) is 52.3 Å².